The van der Waals surface area contributed by atoms with Gasteiger partial charge in [0, 0.05) is 32.2 Å². The Morgan fingerprint density at radius 3 is 1.33 bits per heavy atom. The number of Topliss-reactive ketones (excluding diaryl/α,β-unsaturated/α-hetero) is 1. The Kier molecular flexibility index (Phi) is 31.7. The van der Waals surface area contributed by atoms with Gasteiger partial charge >= 0.3 is 0 Å². The lowest BCUT2D eigenvalue weighted by molar-refractivity contribution is -0.130. The minimum atomic E-state index is -0.278. The maximum Gasteiger partial charge on any atom is 0.246 e. The number of ether oxygens (including phenoxy) is 9. The summed E-state index contributed by atoms with van der Waals surface area (Å²) in [5.74, 6) is 0.203. The van der Waals surface area contributed by atoms with Crippen molar-refractivity contribution in [3.8, 4) is 0 Å². The van der Waals surface area contributed by atoms with Gasteiger partial charge in [0.25, 0.3) is 0 Å². The number of carbonyl (C=O) groups excluding carboxylic acids is 2. The molecule has 0 radical (unpaired) electrons. The summed E-state index contributed by atoms with van der Waals surface area (Å²) in [6.45, 7) is 17.2. The van der Waals surface area contributed by atoms with Crippen LogP contribution in [0.25, 0.3) is 0 Å². The molecule has 0 aliphatic rings. The van der Waals surface area contributed by atoms with Crippen molar-refractivity contribution in [2.75, 3.05) is 132 Å². The third-order valence-corrected chi connectivity index (χ3v) is 5.74. The maximum absolute atomic E-state index is 11.8. The fourth-order valence-electron chi connectivity index (χ4n) is 3.00. The Morgan fingerprint density at radius 1 is 0.524 bits per heavy atom. The summed E-state index contributed by atoms with van der Waals surface area (Å²) < 4.78 is 48.3. The first-order valence-electron chi connectivity index (χ1n) is 15.2. The summed E-state index contributed by atoms with van der Waals surface area (Å²) in [4.78, 5) is 23.6. The average molecular weight is 611 g/mol. The van der Waals surface area contributed by atoms with Gasteiger partial charge in [0.15, 0.2) is 5.78 Å². The first kappa shape index (κ1) is 40.7. The Morgan fingerprint density at radius 2 is 0.929 bits per heavy atom. The van der Waals surface area contributed by atoms with Gasteiger partial charge in [0.05, 0.1) is 99.1 Å². The van der Waals surface area contributed by atoms with Gasteiger partial charge in [-0.25, -0.2) is 0 Å². The van der Waals surface area contributed by atoms with Gasteiger partial charge in [0.2, 0.25) is 5.91 Å². The fourth-order valence-corrected chi connectivity index (χ4v) is 3.00. The van der Waals surface area contributed by atoms with Crippen molar-refractivity contribution in [1.29, 1.82) is 0 Å². The van der Waals surface area contributed by atoms with E-state index in [1.807, 2.05) is 6.92 Å². The van der Waals surface area contributed by atoms with Gasteiger partial charge in [0.1, 0.15) is 13.2 Å². The van der Waals surface area contributed by atoms with Crippen molar-refractivity contribution in [2.45, 2.75) is 40.2 Å². The molecule has 13 nitrogen and oxygen atoms in total. The Labute approximate surface area is 252 Å². The predicted octanol–water partition coefficient (Wildman–Crippen LogP) is 0.865. The van der Waals surface area contributed by atoms with Gasteiger partial charge in [-0.05, 0) is 19.8 Å². The molecule has 0 bridgehead atoms. The van der Waals surface area contributed by atoms with Crippen LogP contribution >= 0.6 is 0 Å². The molecule has 13 heteroatoms. The molecule has 0 aromatic rings. The molecular formula is C29H58N2O11. The summed E-state index contributed by atoms with van der Waals surface area (Å²) in [5.41, 5.74) is 0. The molecule has 0 fully saturated rings. The van der Waals surface area contributed by atoms with Gasteiger partial charge < -0.3 is 53.3 Å². The van der Waals surface area contributed by atoms with E-state index in [1.165, 1.54) is 0 Å². The van der Waals surface area contributed by atoms with Gasteiger partial charge in [-0.3, -0.25) is 9.59 Å². The van der Waals surface area contributed by atoms with Gasteiger partial charge in [-0.2, -0.15) is 0 Å². The van der Waals surface area contributed by atoms with E-state index in [0.29, 0.717) is 137 Å². The molecule has 0 aromatic carbocycles. The predicted molar refractivity (Wildman–Crippen MR) is 158 cm³/mol. The van der Waals surface area contributed by atoms with Crippen molar-refractivity contribution in [1.82, 2.24) is 10.6 Å². The second kappa shape index (κ2) is 32.6. The summed E-state index contributed by atoms with van der Waals surface area (Å²) >= 11 is 0. The summed E-state index contributed by atoms with van der Waals surface area (Å²) in [6, 6.07) is 0.353. The zero-order valence-corrected chi connectivity index (χ0v) is 26.5. The van der Waals surface area contributed by atoms with Crippen molar-refractivity contribution >= 4 is 11.7 Å². The Hall–Kier alpha value is -1.26. The van der Waals surface area contributed by atoms with Crippen LogP contribution in [0, 0.1) is 5.92 Å². The number of nitrogens with one attached hydrogen (secondary N) is 2. The zero-order chi connectivity index (χ0) is 30.9. The van der Waals surface area contributed by atoms with Crippen LogP contribution in [-0.2, 0) is 52.2 Å². The lowest BCUT2D eigenvalue weighted by Gasteiger charge is -2.16. The molecule has 42 heavy (non-hydrogen) atoms. The van der Waals surface area contributed by atoms with Crippen LogP contribution in [0.4, 0.5) is 0 Å². The first-order chi connectivity index (χ1) is 20.5. The van der Waals surface area contributed by atoms with E-state index in [4.69, 9.17) is 42.6 Å². The van der Waals surface area contributed by atoms with E-state index in [-0.39, 0.29) is 24.9 Å². The molecule has 0 aliphatic heterocycles. The number of carbonyl (C=O) groups is 2. The summed E-state index contributed by atoms with van der Waals surface area (Å²) in [7, 11) is 0. The van der Waals surface area contributed by atoms with Crippen LogP contribution in [0.1, 0.15) is 34.1 Å². The monoisotopic (exact) mass is 610 g/mol. The number of rotatable bonds is 34. The lowest BCUT2D eigenvalue weighted by Crippen LogP contribution is -2.33. The second-order valence-electron chi connectivity index (χ2n) is 9.60. The molecule has 0 heterocycles. The topological polar surface area (TPSA) is 141 Å². The highest BCUT2D eigenvalue weighted by molar-refractivity contribution is 5.81. The molecule has 1 unspecified atom stereocenters. The SMILES string of the molecule is CCOCCOCCOCCOCCOCCOCCOCCOCCNC(=O)COCC(=O)CCNC(C)C(C)C. The minimum Gasteiger partial charge on any atom is -0.379 e. The highest BCUT2D eigenvalue weighted by Crippen LogP contribution is 1.99. The van der Waals surface area contributed by atoms with Crippen molar-refractivity contribution in [2.24, 2.45) is 5.92 Å². The van der Waals surface area contributed by atoms with Crippen LogP contribution in [0.2, 0.25) is 0 Å². The quantitative estimate of drug-likeness (QED) is 0.0999. The molecular weight excluding hydrogens is 552 g/mol. The number of ketones is 1. The van der Waals surface area contributed by atoms with Crippen LogP contribution in [-0.4, -0.2) is 150 Å². The largest absolute Gasteiger partial charge is 0.379 e. The Balaban J connectivity index is 3.22. The van der Waals surface area contributed by atoms with Gasteiger partial charge in [-0.15, -0.1) is 0 Å². The number of hydrogen-bond donors (Lipinski definition) is 2. The van der Waals surface area contributed by atoms with E-state index < -0.39 is 0 Å². The van der Waals surface area contributed by atoms with E-state index in [9.17, 15) is 9.59 Å². The molecule has 1 amide bonds. The second-order valence-corrected chi connectivity index (χ2v) is 9.60. The standard InChI is InChI=1S/C29H58N2O11/c1-5-34-10-11-36-14-15-38-18-19-40-22-23-41-21-20-39-17-16-37-13-12-35-9-8-31-29(33)25-42-24-28(32)6-7-30-27(4)26(2)3/h26-27,30H,5-25H2,1-4H3,(H,31,33). The summed E-state index contributed by atoms with van der Waals surface area (Å²) in [5, 5.41) is 5.98. The Bertz CT molecular complexity index is 600. The highest BCUT2D eigenvalue weighted by Gasteiger charge is 2.08. The van der Waals surface area contributed by atoms with Crippen LogP contribution in [0.15, 0.2) is 0 Å². The third kappa shape index (κ3) is 31.7. The molecule has 0 aliphatic carbocycles. The molecule has 2 N–H and O–H groups in total. The number of amides is 1. The van der Waals surface area contributed by atoms with E-state index in [2.05, 4.69) is 31.4 Å². The maximum atomic E-state index is 11.8. The zero-order valence-electron chi connectivity index (χ0n) is 26.5. The van der Waals surface area contributed by atoms with E-state index >= 15 is 0 Å². The number of hydrogen-bond acceptors (Lipinski definition) is 12. The van der Waals surface area contributed by atoms with E-state index in [1.54, 1.807) is 0 Å². The summed E-state index contributed by atoms with van der Waals surface area (Å²) in [6.07, 6.45) is 0.386. The van der Waals surface area contributed by atoms with Crippen molar-refractivity contribution in [3.05, 3.63) is 0 Å². The minimum absolute atomic E-state index is 0.0284. The van der Waals surface area contributed by atoms with Gasteiger partial charge in [-0.1, -0.05) is 13.8 Å². The average Bonchev–Trinajstić information content (AvgIpc) is 2.97. The molecule has 0 saturated carbocycles. The van der Waals surface area contributed by atoms with Crippen molar-refractivity contribution < 1.29 is 52.2 Å². The van der Waals surface area contributed by atoms with Crippen LogP contribution < -0.4 is 10.6 Å². The highest BCUT2D eigenvalue weighted by atomic mass is 16.6. The van der Waals surface area contributed by atoms with Crippen molar-refractivity contribution in [3.63, 3.8) is 0 Å². The van der Waals surface area contributed by atoms with Crippen LogP contribution in [0.3, 0.4) is 0 Å². The smallest absolute Gasteiger partial charge is 0.246 e. The third-order valence-electron chi connectivity index (χ3n) is 5.74. The molecule has 0 rings (SSSR count). The molecule has 1 atom stereocenters. The molecule has 250 valence electrons. The van der Waals surface area contributed by atoms with E-state index in [0.717, 1.165) is 0 Å². The molecule has 0 spiro atoms. The fraction of sp³-hybridized carbons (Fsp3) is 0.931. The lowest BCUT2D eigenvalue weighted by atomic mass is 10.1. The molecule has 0 aromatic heterocycles. The molecule has 0 saturated heterocycles. The first-order valence-corrected chi connectivity index (χ1v) is 15.2. The normalized spacial score (nSPS) is 12.2. The van der Waals surface area contributed by atoms with Crippen LogP contribution in [0.5, 0.6) is 0 Å².